The molecule has 0 saturated carbocycles. The molecule has 2 heterocycles. The number of piperidine rings is 1. The van der Waals surface area contributed by atoms with Crippen molar-refractivity contribution in [3.05, 3.63) is 36.2 Å². The Morgan fingerprint density at radius 2 is 2.14 bits per heavy atom. The van der Waals surface area contributed by atoms with Crippen LogP contribution in [0.25, 0.3) is 0 Å². The second kappa shape index (κ2) is 6.85. The zero-order valence-corrected chi connectivity index (χ0v) is 12.9. The molecule has 1 amide bonds. The number of anilines is 2. The van der Waals surface area contributed by atoms with E-state index in [-0.39, 0.29) is 12.5 Å². The smallest absolute Gasteiger partial charge is 0.277 e. The van der Waals surface area contributed by atoms with Crippen LogP contribution in [0, 0.1) is 5.92 Å². The molecule has 1 fully saturated rings. The van der Waals surface area contributed by atoms with Gasteiger partial charge in [0.1, 0.15) is 0 Å². The molecular weight excluding hydrogens is 300 g/mol. The standard InChI is InChI=1S/C15H18N4O2S/c20-10-11-5-7-19(8-6-11)14-4-2-1-3-12(14)17-15(21)13-9-16-22-18-13/h1-4,9,11,20H,5-8,10H2,(H,17,21). The second-order valence-electron chi connectivity index (χ2n) is 5.38. The van der Waals surface area contributed by atoms with E-state index in [0.29, 0.717) is 11.6 Å². The van der Waals surface area contributed by atoms with Crippen molar-refractivity contribution >= 4 is 29.0 Å². The zero-order valence-electron chi connectivity index (χ0n) is 12.1. The predicted octanol–water partition coefficient (Wildman–Crippen LogP) is 2.00. The monoisotopic (exact) mass is 318 g/mol. The summed E-state index contributed by atoms with van der Waals surface area (Å²) >= 11 is 1.02. The molecule has 0 unspecified atom stereocenters. The van der Waals surface area contributed by atoms with Crippen LogP contribution in [0.2, 0.25) is 0 Å². The van der Waals surface area contributed by atoms with Gasteiger partial charge in [-0.2, -0.15) is 8.75 Å². The summed E-state index contributed by atoms with van der Waals surface area (Å²) in [6.45, 7) is 2.02. The van der Waals surface area contributed by atoms with Crippen LogP contribution < -0.4 is 10.2 Å². The number of aliphatic hydroxyl groups excluding tert-OH is 1. The van der Waals surface area contributed by atoms with Gasteiger partial charge >= 0.3 is 0 Å². The fourth-order valence-electron chi connectivity index (χ4n) is 2.66. The lowest BCUT2D eigenvalue weighted by molar-refractivity contribution is 0.102. The largest absolute Gasteiger partial charge is 0.396 e. The van der Waals surface area contributed by atoms with Crippen LogP contribution in [0.15, 0.2) is 30.5 Å². The highest BCUT2D eigenvalue weighted by Gasteiger charge is 2.21. The number of benzene rings is 1. The molecule has 1 aromatic carbocycles. The maximum Gasteiger partial charge on any atom is 0.277 e. The van der Waals surface area contributed by atoms with E-state index < -0.39 is 0 Å². The number of rotatable bonds is 4. The Morgan fingerprint density at radius 1 is 1.36 bits per heavy atom. The molecule has 1 aliphatic heterocycles. The van der Waals surface area contributed by atoms with Gasteiger partial charge in [0.05, 0.1) is 29.3 Å². The normalized spacial score (nSPS) is 15.8. The SMILES string of the molecule is O=C(Nc1ccccc1N1CCC(CO)CC1)c1cnsn1. The highest BCUT2D eigenvalue weighted by atomic mass is 32.1. The number of carbonyl (C=O) groups excluding carboxylic acids is 1. The van der Waals surface area contributed by atoms with Gasteiger partial charge in [0.2, 0.25) is 0 Å². The molecule has 3 rings (SSSR count). The van der Waals surface area contributed by atoms with E-state index in [1.165, 1.54) is 6.20 Å². The third-order valence-corrected chi connectivity index (χ3v) is 4.44. The van der Waals surface area contributed by atoms with Gasteiger partial charge in [0.15, 0.2) is 5.69 Å². The summed E-state index contributed by atoms with van der Waals surface area (Å²) in [5.41, 5.74) is 2.12. The average Bonchev–Trinajstić information content (AvgIpc) is 3.10. The van der Waals surface area contributed by atoms with Crippen molar-refractivity contribution in [3.63, 3.8) is 0 Å². The van der Waals surface area contributed by atoms with Crippen molar-refractivity contribution in [2.75, 3.05) is 29.9 Å². The summed E-state index contributed by atoms with van der Waals surface area (Å²) in [6, 6.07) is 7.77. The molecule has 1 aliphatic rings. The average molecular weight is 318 g/mol. The molecule has 116 valence electrons. The molecule has 1 saturated heterocycles. The van der Waals surface area contributed by atoms with Gasteiger partial charge in [-0.05, 0) is 30.9 Å². The lowest BCUT2D eigenvalue weighted by atomic mass is 9.97. The van der Waals surface area contributed by atoms with Gasteiger partial charge in [-0.15, -0.1) is 0 Å². The summed E-state index contributed by atoms with van der Waals surface area (Å²) in [5, 5.41) is 12.1. The second-order valence-corrected chi connectivity index (χ2v) is 5.93. The molecule has 2 N–H and O–H groups in total. The van der Waals surface area contributed by atoms with Gasteiger partial charge in [-0.3, -0.25) is 4.79 Å². The summed E-state index contributed by atoms with van der Waals surface area (Å²) in [6.07, 6.45) is 3.40. The van der Waals surface area contributed by atoms with E-state index >= 15 is 0 Å². The fourth-order valence-corrected chi connectivity index (χ4v) is 3.07. The van der Waals surface area contributed by atoms with Crippen LogP contribution in [-0.4, -0.2) is 39.5 Å². The lowest BCUT2D eigenvalue weighted by Gasteiger charge is -2.34. The predicted molar refractivity (Wildman–Crippen MR) is 86.3 cm³/mol. The first-order valence-corrected chi connectivity index (χ1v) is 8.04. The van der Waals surface area contributed by atoms with Crippen LogP contribution in [0.5, 0.6) is 0 Å². The third-order valence-electron chi connectivity index (χ3n) is 3.96. The molecule has 0 atom stereocenters. The first-order valence-electron chi connectivity index (χ1n) is 7.31. The van der Waals surface area contributed by atoms with E-state index in [4.69, 9.17) is 0 Å². The number of amides is 1. The maximum absolute atomic E-state index is 12.2. The lowest BCUT2D eigenvalue weighted by Crippen LogP contribution is -2.35. The first kappa shape index (κ1) is 14.9. The van der Waals surface area contributed by atoms with Gasteiger partial charge in [-0.1, -0.05) is 12.1 Å². The van der Waals surface area contributed by atoms with Crippen LogP contribution >= 0.6 is 11.7 Å². The van der Waals surface area contributed by atoms with Crippen LogP contribution in [0.3, 0.4) is 0 Å². The molecule has 1 aromatic heterocycles. The van der Waals surface area contributed by atoms with Crippen LogP contribution in [0.1, 0.15) is 23.3 Å². The Morgan fingerprint density at radius 3 is 2.82 bits per heavy atom. The molecule has 22 heavy (non-hydrogen) atoms. The summed E-state index contributed by atoms with van der Waals surface area (Å²) < 4.78 is 7.80. The highest BCUT2D eigenvalue weighted by molar-refractivity contribution is 6.99. The van der Waals surface area contributed by atoms with E-state index in [0.717, 1.165) is 49.0 Å². The van der Waals surface area contributed by atoms with Gasteiger partial charge in [0.25, 0.3) is 5.91 Å². The first-order chi connectivity index (χ1) is 10.8. The Hall–Kier alpha value is -1.99. The third kappa shape index (κ3) is 3.26. The van der Waals surface area contributed by atoms with Crippen molar-refractivity contribution in [2.24, 2.45) is 5.92 Å². The van der Waals surface area contributed by atoms with Crippen LogP contribution in [0.4, 0.5) is 11.4 Å². The quantitative estimate of drug-likeness (QED) is 0.901. The van der Waals surface area contributed by atoms with Gasteiger partial charge in [0, 0.05) is 19.7 Å². The van der Waals surface area contributed by atoms with Gasteiger partial charge in [-0.25, -0.2) is 0 Å². The number of hydrogen-bond donors (Lipinski definition) is 2. The number of nitrogens with zero attached hydrogens (tertiary/aromatic N) is 3. The Kier molecular flexibility index (Phi) is 4.65. The molecule has 0 aliphatic carbocycles. The van der Waals surface area contributed by atoms with Crippen molar-refractivity contribution in [3.8, 4) is 0 Å². The molecule has 0 spiro atoms. The van der Waals surface area contributed by atoms with E-state index in [1.807, 2.05) is 24.3 Å². The molecular formula is C15H18N4O2S. The van der Waals surface area contributed by atoms with Crippen molar-refractivity contribution in [2.45, 2.75) is 12.8 Å². The van der Waals surface area contributed by atoms with E-state index in [9.17, 15) is 9.90 Å². The van der Waals surface area contributed by atoms with Crippen molar-refractivity contribution < 1.29 is 9.90 Å². The summed E-state index contributed by atoms with van der Waals surface area (Å²) in [4.78, 5) is 14.4. The minimum atomic E-state index is -0.244. The Balaban J connectivity index is 1.74. The summed E-state index contributed by atoms with van der Waals surface area (Å²) in [5.74, 6) is 0.144. The Labute approximate surface area is 133 Å². The highest BCUT2D eigenvalue weighted by Crippen LogP contribution is 2.29. The number of nitrogens with one attached hydrogen (secondary N) is 1. The topological polar surface area (TPSA) is 78.4 Å². The maximum atomic E-state index is 12.2. The zero-order chi connectivity index (χ0) is 15.4. The summed E-state index contributed by atoms with van der Waals surface area (Å²) in [7, 11) is 0. The number of carbonyl (C=O) groups is 1. The molecule has 6 nitrogen and oxygen atoms in total. The van der Waals surface area contributed by atoms with E-state index in [2.05, 4.69) is 19.0 Å². The number of hydrogen-bond acceptors (Lipinski definition) is 6. The molecule has 2 aromatic rings. The molecule has 0 radical (unpaired) electrons. The van der Waals surface area contributed by atoms with Crippen LogP contribution in [-0.2, 0) is 0 Å². The number of aromatic nitrogens is 2. The van der Waals surface area contributed by atoms with Crippen molar-refractivity contribution in [1.29, 1.82) is 0 Å². The number of aliphatic hydroxyl groups is 1. The fraction of sp³-hybridized carbons (Fsp3) is 0.400. The van der Waals surface area contributed by atoms with Crippen molar-refractivity contribution in [1.82, 2.24) is 8.75 Å². The molecule has 0 bridgehead atoms. The van der Waals surface area contributed by atoms with E-state index in [1.54, 1.807) is 0 Å². The molecule has 7 heteroatoms. The Bertz CT molecular complexity index is 624. The van der Waals surface area contributed by atoms with Gasteiger partial charge < -0.3 is 15.3 Å². The minimum absolute atomic E-state index is 0.244. The number of para-hydroxylation sites is 2. The minimum Gasteiger partial charge on any atom is -0.396 e.